The number of rotatable bonds is 5. The third-order valence-corrected chi connectivity index (χ3v) is 6.26. The number of pyridine rings is 1. The van der Waals surface area contributed by atoms with Crippen LogP contribution in [0.4, 0.5) is 0 Å². The normalized spacial score (nSPS) is 10.5. The molecule has 0 saturated heterocycles. The van der Waals surface area contributed by atoms with E-state index in [2.05, 4.69) is 41.4 Å². The van der Waals surface area contributed by atoms with E-state index in [4.69, 9.17) is 9.97 Å². The number of hydrogen-bond acceptors (Lipinski definition) is 4. The molecule has 178 valence electrons. The molecule has 0 saturated carbocycles. The SMILES string of the molecule is Oc1ccc(-c2cccc(-c3nc(-c4ccccc4)cc(-c4ccccc4)n3)c2)cc1-c1ccccn1.[LiH]. The average molecular weight is 486 g/mol. The van der Waals surface area contributed by atoms with E-state index in [1.54, 1.807) is 12.3 Å². The number of nitrogens with zero attached hydrogens (tertiary/aromatic N) is 3. The zero-order valence-electron chi connectivity index (χ0n) is 20.0. The van der Waals surface area contributed by atoms with Gasteiger partial charge < -0.3 is 5.11 Å². The summed E-state index contributed by atoms with van der Waals surface area (Å²) in [5, 5.41) is 10.5. The van der Waals surface area contributed by atoms with Crippen molar-refractivity contribution in [3.8, 4) is 62.0 Å². The summed E-state index contributed by atoms with van der Waals surface area (Å²) in [5.74, 6) is 0.857. The third kappa shape index (κ3) is 5.28. The molecule has 0 bridgehead atoms. The maximum absolute atomic E-state index is 10.5. The number of phenols is 1. The van der Waals surface area contributed by atoms with Gasteiger partial charge in [-0.25, -0.2) is 9.97 Å². The Morgan fingerprint density at radius 1 is 0.447 bits per heavy atom. The van der Waals surface area contributed by atoms with Gasteiger partial charge in [0.25, 0.3) is 0 Å². The van der Waals surface area contributed by atoms with Crippen LogP contribution >= 0.6 is 0 Å². The van der Waals surface area contributed by atoms with Crippen molar-refractivity contribution >= 4 is 18.9 Å². The number of aromatic nitrogens is 3. The topological polar surface area (TPSA) is 58.9 Å². The first-order valence-electron chi connectivity index (χ1n) is 12.1. The first-order chi connectivity index (χ1) is 18.2. The van der Waals surface area contributed by atoms with Crippen LogP contribution in [0.1, 0.15) is 0 Å². The van der Waals surface area contributed by atoms with Gasteiger partial charge in [-0.1, -0.05) is 91.0 Å². The molecule has 4 aromatic carbocycles. The molecule has 0 radical (unpaired) electrons. The molecule has 2 heterocycles. The van der Waals surface area contributed by atoms with E-state index in [-0.39, 0.29) is 24.6 Å². The second-order valence-corrected chi connectivity index (χ2v) is 8.72. The minimum atomic E-state index is 0. The van der Waals surface area contributed by atoms with Crippen LogP contribution in [0.15, 0.2) is 134 Å². The van der Waals surface area contributed by atoms with Crippen LogP contribution < -0.4 is 0 Å². The van der Waals surface area contributed by atoms with Crippen LogP contribution in [0, 0.1) is 0 Å². The standard InChI is InChI=1S/C33H23N3O.Li.H/c37-32-18-17-26(21-28(32)29-16-7-8-19-34-29)25-14-9-15-27(20-25)33-35-30(23-10-3-1-4-11-23)22-31(36-33)24-12-5-2-6-13-24;;/h1-22,37H;;. The Morgan fingerprint density at radius 3 is 1.66 bits per heavy atom. The monoisotopic (exact) mass is 485 g/mol. The number of phenolic OH excluding ortho intramolecular Hbond substituents is 1. The van der Waals surface area contributed by atoms with Crippen molar-refractivity contribution in [2.75, 3.05) is 0 Å². The molecule has 6 rings (SSSR count). The van der Waals surface area contributed by atoms with Gasteiger partial charge in [0.15, 0.2) is 5.82 Å². The average Bonchev–Trinajstić information content (AvgIpc) is 2.98. The summed E-state index contributed by atoms with van der Waals surface area (Å²) < 4.78 is 0. The van der Waals surface area contributed by atoms with Crippen molar-refractivity contribution in [3.05, 3.63) is 134 Å². The fourth-order valence-corrected chi connectivity index (χ4v) is 4.37. The molecule has 5 heteroatoms. The van der Waals surface area contributed by atoms with E-state index in [1.807, 2.05) is 84.9 Å². The summed E-state index contributed by atoms with van der Waals surface area (Å²) in [4.78, 5) is 14.3. The van der Waals surface area contributed by atoms with Gasteiger partial charge in [-0.2, -0.15) is 0 Å². The first kappa shape index (κ1) is 25.2. The zero-order valence-corrected chi connectivity index (χ0v) is 20.0. The molecule has 0 unspecified atom stereocenters. The van der Waals surface area contributed by atoms with Gasteiger partial charge in [0.1, 0.15) is 5.75 Å². The van der Waals surface area contributed by atoms with E-state index in [0.717, 1.165) is 44.9 Å². The summed E-state index contributed by atoms with van der Waals surface area (Å²) in [6, 6.07) is 41.8. The first-order valence-corrected chi connectivity index (χ1v) is 12.1. The van der Waals surface area contributed by atoms with Gasteiger partial charge in [0.2, 0.25) is 0 Å². The molecule has 1 N–H and O–H groups in total. The van der Waals surface area contributed by atoms with E-state index in [1.165, 1.54) is 0 Å². The molecule has 0 fully saturated rings. The minimum absolute atomic E-state index is 0. The van der Waals surface area contributed by atoms with Gasteiger partial charge in [0.05, 0.1) is 17.1 Å². The van der Waals surface area contributed by atoms with Gasteiger partial charge in [-0.05, 0) is 47.5 Å². The Kier molecular flexibility index (Phi) is 7.47. The second-order valence-electron chi connectivity index (χ2n) is 8.72. The molecule has 0 amide bonds. The maximum atomic E-state index is 10.5. The van der Waals surface area contributed by atoms with Crippen LogP contribution in [0.2, 0.25) is 0 Å². The molecule has 0 aliphatic heterocycles. The Balaban J connectivity index is 0.00000294. The van der Waals surface area contributed by atoms with Gasteiger partial charge >= 0.3 is 18.9 Å². The summed E-state index contributed by atoms with van der Waals surface area (Å²) >= 11 is 0. The molecule has 0 aliphatic rings. The number of benzene rings is 4. The number of aromatic hydroxyl groups is 1. The Bertz CT molecular complexity index is 1620. The molecule has 0 atom stereocenters. The quantitative estimate of drug-likeness (QED) is 0.261. The van der Waals surface area contributed by atoms with Crippen LogP contribution in [-0.4, -0.2) is 38.9 Å². The zero-order chi connectivity index (χ0) is 25.0. The Hall–Kier alpha value is -4.49. The summed E-state index contributed by atoms with van der Waals surface area (Å²) in [6.45, 7) is 0. The van der Waals surface area contributed by atoms with Crippen molar-refractivity contribution in [3.63, 3.8) is 0 Å². The predicted octanol–water partition coefficient (Wildman–Crippen LogP) is 7.26. The molecular weight excluding hydrogens is 461 g/mol. The fraction of sp³-hybridized carbons (Fsp3) is 0. The molecular formula is C33H24LiN3O. The van der Waals surface area contributed by atoms with Gasteiger partial charge in [-0.15, -0.1) is 0 Å². The summed E-state index contributed by atoms with van der Waals surface area (Å²) in [5.41, 5.74) is 8.14. The Morgan fingerprint density at radius 2 is 1.03 bits per heavy atom. The van der Waals surface area contributed by atoms with E-state index >= 15 is 0 Å². The van der Waals surface area contributed by atoms with Gasteiger partial charge in [-0.3, -0.25) is 4.98 Å². The van der Waals surface area contributed by atoms with Crippen LogP contribution in [0.5, 0.6) is 5.75 Å². The van der Waals surface area contributed by atoms with Crippen molar-refractivity contribution < 1.29 is 5.11 Å². The number of hydrogen-bond donors (Lipinski definition) is 1. The molecule has 38 heavy (non-hydrogen) atoms. The van der Waals surface area contributed by atoms with Gasteiger partial charge in [0, 0.05) is 28.5 Å². The summed E-state index contributed by atoms with van der Waals surface area (Å²) in [7, 11) is 0. The van der Waals surface area contributed by atoms with Crippen LogP contribution in [-0.2, 0) is 0 Å². The van der Waals surface area contributed by atoms with Crippen molar-refractivity contribution in [2.24, 2.45) is 0 Å². The molecule has 0 spiro atoms. The predicted molar refractivity (Wildman–Crippen MR) is 156 cm³/mol. The van der Waals surface area contributed by atoms with Crippen molar-refractivity contribution in [2.45, 2.75) is 0 Å². The van der Waals surface area contributed by atoms with E-state index < -0.39 is 0 Å². The van der Waals surface area contributed by atoms with Crippen LogP contribution in [0.25, 0.3) is 56.3 Å². The molecule has 0 aliphatic carbocycles. The van der Waals surface area contributed by atoms with E-state index in [9.17, 15) is 5.11 Å². The Labute approximate surface area is 233 Å². The molecule has 4 nitrogen and oxygen atoms in total. The fourth-order valence-electron chi connectivity index (χ4n) is 4.37. The summed E-state index contributed by atoms with van der Waals surface area (Å²) in [6.07, 6.45) is 1.73. The molecule has 6 aromatic rings. The van der Waals surface area contributed by atoms with Crippen LogP contribution in [0.3, 0.4) is 0 Å². The van der Waals surface area contributed by atoms with E-state index in [0.29, 0.717) is 11.4 Å². The third-order valence-electron chi connectivity index (χ3n) is 6.26. The van der Waals surface area contributed by atoms with Crippen molar-refractivity contribution in [1.29, 1.82) is 0 Å². The van der Waals surface area contributed by atoms with Crippen molar-refractivity contribution in [1.82, 2.24) is 15.0 Å². The second kappa shape index (κ2) is 11.3. The molecule has 2 aromatic heterocycles.